The highest BCUT2D eigenvalue weighted by molar-refractivity contribution is 5.99. The lowest BCUT2D eigenvalue weighted by Crippen LogP contribution is -2.22. The van der Waals surface area contributed by atoms with E-state index in [2.05, 4.69) is 17.7 Å². The smallest absolute Gasteiger partial charge is 0.330 e. The quantitative estimate of drug-likeness (QED) is 0.483. The molecule has 0 unspecified atom stereocenters. The zero-order valence-corrected chi connectivity index (χ0v) is 12.6. The molecular formula is C18H20O3. The van der Waals surface area contributed by atoms with Crippen LogP contribution in [0.5, 0.6) is 0 Å². The van der Waals surface area contributed by atoms with E-state index in [0.29, 0.717) is 6.42 Å². The summed E-state index contributed by atoms with van der Waals surface area (Å²) in [6, 6.07) is 7.76. The van der Waals surface area contributed by atoms with Crippen LogP contribution in [0.1, 0.15) is 42.1 Å². The molecule has 21 heavy (non-hydrogen) atoms. The second-order valence-corrected chi connectivity index (χ2v) is 5.49. The molecule has 0 amide bonds. The lowest BCUT2D eigenvalue weighted by Gasteiger charge is -2.28. The van der Waals surface area contributed by atoms with E-state index in [4.69, 9.17) is 0 Å². The molecule has 0 saturated heterocycles. The van der Waals surface area contributed by atoms with E-state index >= 15 is 0 Å². The number of ketones is 1. The van der Waals surface area contributed by atoms with E-state index < -0.39 is 0 Å². The van der Waals surface area contributed by atoms with E-state index in [-0.39, 0.29) is 23.6 Å². The van der Waals surface area contributed by atoms with Gasteiger partial charge in [0.2, 0.25) is 0 Å². The van der Waals surface area contributed by atoms with Crippen LogP contribution in [0.2, 0.25) is 0 Å². The van der Waals surface area contributed by atoms with Gasteiger partial charge in [-0.15, -0.1) is 0 Å². The average molecular weight is 284 g/mol. The van der Waals surface area contributed by atoms with E-state index in [1.54, 1.807) is 0 Å². The van der Waals surface area contributed by atoms with Gasteiger partial charge < -0.3 is 4.74 Å². The summed E-state index contributed by atoms with van der Waals surface area (Å²) in [6.45, 7) is 3.94. The van der Waals surface area contributed by atoms with Gasteiger partial charge in [0.25, 0.3) is 0 Å². The van der Waals surface area contributed by atoms with Crippen molar-refractivity contribution in [1.82, 2.24) is 0 Å². The molecule has 0 heterocycles. The van der Waals surface area contributed by atoms with Gasteiger partial charge in [-0.3, -0.25) is 4.79 Å². The summed E-state index contributed by atoms with van der Waals surface area (Å²) in [4.78, 5) is 23.3. The van der Waals surface area contributed by atoms with Gasteiger partial charge >= 0.3 is 5.97 Å². The van der Waals surface area contributed by atoms with Gasteiger partial charge in [-0.2, -0.15) is 0 Å². The summed E-state index contributed by atoms with van der Waals surface area (Å²) in [5.74, 6) is 0.309. The van der Waals surface area contributed by atoms with Crippen LogP contribution in [0.25, 0.3) is 0 Å². The van der Waals surface area contributed by atoms with E-state index in [1.807, 2.05) is 37.3 Å². The fourth-order valence-electron chi connectivity index (χ4n) is 2.72. The van der Waals surface area contributed by atoms with Crippen molar-refractivity contribution in [3.05, 3.63) is 59.2 Å². The molecule has 0 N–H and O–H groups in total. The Hall–Kier alpha value is -2.16. The molecule has 1 aliphatic carbocycles. The molecule has 0 aliphatic heterocycles. The summed E-state index contributed by atoms with van der Waals surface area (Å²) in [5.41, 5.74) is 2.73. The summed E-state index contributed by atoms with van der Waals surface area (Å²) in [7, 11) is 1.36. The van der Waals surface area contributed by atoms with Crippen LogP contribution in [0, 0.1) is 5.92 Å². The molecule has 0 radical (unpaired) electrons. The average Bonchev–Trinajstić information content (AvgIpc) is 2.46. The fourth-order valence-corrected chi connectivity index (χ4v) is 2.72. The number of Topliss-reactive ketones (excluding diaryl/α,β-unsaturated/α-hetero) is 1. The molecule has 2 atom stereocenters. The predicted molar refractivity (Wildman–Crippen MR) is 82.2 cm³/mol. The van der Waals surface area contributed by atoms with Gasteiger partial charge in [0.15, 0.2) is 5.78 Å². The zero-order valence-electron chi connectivity index (χ0n) is 12.6. The molecule has 0 saturated carbocycles. The molecular weight excluding hydrogens is 264 g/mol. The molecule has 3 nitrogen and oxygen atoms in total. The highest BCUT2D eigenvalue weighted by atomic mass is 16.5. The van der Waals surface area contributed by atoms with Crippen molar-refractivity contribution in [1.29, 1.82) is 0 Å². The number of fused-ring (bicyclic) bond motifs is 1. The number of hydrogen-bond donors (Lipinski definition) is 0. The van der Waals surface area contributed by atoms with E-state index in [0.717, 1.165) is 16.7 Å². The van der Waals surface area contributed by atoms with Crippen molar-refractivity contribution in [3.63, 3.8) is 0 Å². The number of carbonyl (C=O) groups is 2. The minimum atomic E-state index is -0.357. The van der Waals surface area contributed by atoms with Gasteiger partial charge in [-0.25, -0.2) is 4.79 Å². The maximum Gasteiger partial charge on any atom is 0.330 e. The summed E-state index contributed by atoms with van der Waals surface area (Å²) < 4.78 is 4.61. The molecule has 3 heteroatoms. The highest BCUT2D eigenvalue weighted by Gasteiger charge is 2.29. The van der Waals surface area contributed by atoms with E-state index in [1.165, 1.54) is 13.2 Å². The standard InChI is InChI=1S/C18H20O3/c1-12(10-18(20)21-3)8-9-14-13(2)11-17(19)16-7-5-4-6-15(14)16/h4-10,13-14H,11H2,1-3H3/b9-8+,12-10-/t13-,14-/m1/s1. The normalized spacial score (nSPS) is 22.2. The van der Waals surface area contributed by atoms with Gasteiger partial charge in [0.05, 0.1) is 7.11 Å². The van der Waals surface area contributed by atoms with Crippen LogP contribution >= 0.6 is 0 Å². The first-order valence-corrected chi connectivity index (χ1v) is 7.09. The third kappa shape index (κ3) is 3.48. The molecule has 0 aromatic heterocycles. The first-order chi connectivity index (χ1) is 10.0. The maximum absolute atomic E-state index is 12.1. The largest absolute Gasteiger partial charge is 0.466 e. The van der Waals surface area contributed by atoms with Crippen molar-refractivity contribution in [2.75, 3.05) is 7.11 Å². The van der Waals surface area contributed by atoms with Crippen LogP contribution < -0.4 is 0 Å². The molecule has 0 fully saturated rings. The first kappa shape index (κ1) is 15.2. The molecule has 1 aromatic rings. The van der Waals surface area contributed by atoms with Crippen molar-refractivity contribution in [2.24, 2.45) is 5.92 Å². The molecule has 1 aliphatic rings. The SMILES string of the molecule is COC(=O)/C=C(C)\C=C\[C@H]1c2ccccc2C(=O)C[C@H]1C. The Morgan fingerprint density at radius 2 is 2.05 bits per heavy atom. The number of esters is 1. The second-order valence-electron chi connectivity index (χ2n) is 5.49. The van der Waals surface area contributed by atoms with Crippen LogP contribution in [0.4, 0.5) is 0 Å². The zero-order chi connectivity index (χ0) is 15.4. The Bertz CT molecular complexity index is 611. The molecule has 1 aromatic carbocycles. The minimum absolute atomic E-state index is 0.194. The molecule has 2 rings (SSSR count). The summed E-state index contributed by atoms with van der Waals surface area (Å²) in [6.07, 6.45) is 6.02. The minimum Gasteiger partial charge on any atom is -0.466 e. The Balaban J connectivity index is 2.27. The number of allylic oxidation sites excluding steroid dienone is 3. The van der Waals surface area contributed by atoms with Crippen LogP contribution in [-0.4, -0.2) is 18.9 Å². The lowest BCUT2D eigenvalue weighted by atomic mass is 9.75. The van der Waals surface area contributed by atoms with Gasteiger partial charge in [0, 0.05) is 24.0 Å². The van der Waals surface area contributed by atoms with Gasteiger partial charge in [-0.1, -0.05) is 43.3 Å². The third-order valence-corrected chi connectivity index (χ3v) is 3.85. The Kier molecular flexibility index (Phi) is 4.73. The number of benzene rings is 1. The molecule has 0 bridgehead atoms. The monoisotopic (exact) mass is 284 g/mol. The van der Waals surface area contributed by atoms with Crippen LogP contribution in [-0.2, 0) is 9.53 Å². The summed E-state index contributed by atoms with van der Waals surface area (Å²) >= 11 is 0. The first-order valence-electron chi connectivity index (χ1n) is 7.09. The highest BCUT2D eigenvalue weighted by Crippen LogP contribution is 2.37. The Morgan fingerprint density at radius 1 is 1.33 bits per heavy atom. The maximum atomic E-state index is 12.1. The Labute approximate surface area is 125 Å². The third-order valence-electron chi connectivity index (χ3n) is 3.85. The van der Waals surface area contributed by atoms with Gasteiger partial charge in [-0.05, 0) is 24.0 Å². The molecule has 0 spiro atoms. The number of rotatable bonds is 3. The van der Waals surface area contributed by atoms with Crippen LogP contribution in [0.3, 0.4) is 0 Å². The number of ether oxygens (including phenoxy) is 1. The van der Waals surface area contributed by atoms with Crippen molar-refractivity contribution < 1.29 is 14.3 Å². The molecule has 110 valence electrons. The van der Waals surface area contributed by atoms with E-state index in [9.17, 15) is 9.59 Å². The number of hydrogen-bond acceptors (Lipinski definition) is 3. The predicted octanol–water partition coefficient (Wildman–Crippen LogP) is 3.67. The van der Waals surface area contributed by atoms with Crippen molar-refractivity contribution in [3.8, 4) is 0 Å². The number of methoxy groups -OCH3 is 1. The van der Waals surface area contributed by atoms with Crippen molar-refractivity contribution in [2.45, 2.75) is 26.2 Å². The Morgan fingerprint density at radius 3 is 2.76 bits per heavy atom. The van der Waals surface area contributed by atoms with Crippen LogP contribution in [0.15, 0.2) is 48.1 Å². The van der Waals surface area contributed by atoms with Crippen molar-refractivity contribution >= 4 is 11.8 Å². The number of carbonyl (C=O) groups excluding carboxylic acids is 2. The topological polar surface area (TPSA) is 43.4 Å². The lowest BCUT2D eigenvalue weighted by molar-refractivity contribution is -0.134. The summed E-state index contributed by atoms with van der Waals surface area (Å²) in [5, 5.41) is 0. The van der Waals surface area contributed by atoms with Gasteiger partial charge in [0.1, 0.15) is 0 Å². The fraction of sp³-hybridized carbons (Fsp3) is 0.333. The second kappa shape index (κ2) is 6.53.